The number of carbonyl (C=O) groups excluding carboxylic acids is 1. The molecule has 1 saturated heterocycles. The van der Waals surface area contributed by atoms with E-state index in [1.807, 2.05) is 11.8 Å². The Bertz CT molecular complexity index is 144. The molecule has 0 radical (unpaired) electrons. The average molecular weight is 141 g/mol. The molecule has 0 bridgehead atoms. The topological polar surface area (TPSA) is 20.3 Å². The fourth-order valence-corrected chi connectivity index (χ4v) is 1.56. The zero-order chi connectivity index (χ0) is 7.72. The van der Waals surface area contributed by atoms with Gasteiger partial charge in [0.1, 0.15) is 0 Å². The summed E-state index contributed by atoms with van der Waals surface area (Å²) in [6.45, 7) is 7.16. The summed E-state index contributed by atoms with van der Waals surface area (Å²) in [5.74, 6) is 0.870. The zero-order valence-electron chi connectivity index (χ0n) is 6.92. The Hall–Kier alpha value is -0.530. The van der Waals surface area contributed by atoms with Gasteiger partial charge in [0.15, 0.2) is 0 Å². The minimum Gasteiger partial charge on any atom is -0.340 e. The summed E-state index contributed by atoms with van der Waals surface area (Å²) >= 11 is 0. The Morgan fingerprint density at radius 1 is 1.60 bits per heavy atom. The van der Waals surface area contributed by atoms with Crippen LogP contribution in [0.2, 0.25) is 0 Å². The van der Waals surface area contributed by atoms with E-state index in [9.17, 15) is 4.79 Å². The Balaban J connectivity index is 2.64. The second-order valence-corrected chi connectivity index (χ2v) is 3.10. The molecule has 2 unspecified atom stereocenters. The smallest absolute Gasteiger partial charge is 0.223 e. The highest BCUT2D eigenvalue weighted by molar-refractivity contribution is 5.79. The molecule has 1 fully saturated rings. The fourth-order valence-electron chi connectivity index (χ4n) is 1.56. The standard InChI is InChI=1S/C8H15NO/c1-4-9-7(3)6(2)5-8(9)10/h6-7H,4-5H2,1-3H3. The number of likely N-dealkylation sites (tertiary alicyclic amines) is 1. The summed E-state index contributed by atoms with van der Waals surface area (Å²) in [7, 11) is 0. The molecule has 2 nitrogen and oxygen atoms in total. The van der Waals surface area contributed by atoms with Gasteiger partial charge in [-0.25, -0.2) is 0 Å². The number of hydrogen-bond donors (Lipinski definition) is 0. The molecule has 2 atom stereocenters. The summed E-state index contributed by atoms with van der Waals surface area (Å²) in [5.41, 5.74) is 0. The van der Waals surface area contributed by atoms with Gasteiger partial charge in [0, 0.05) is 19.0 Å². The molecule has 0 aliphatic carbocycles. The van der Waals surface area contributed by atoms with Gasteiger partial charge in [-0.1, -0.05) is 6.92 Å². The number of nitrogens with zero attached hydrogens (tertiary/aromatic N) is 1. The van der Waals surface area contributed by atoms with Gasteiger partial charge in [-0.15, -0.1) is 0 Å². The Morgan fingerprint density at radius 3 is 2.40 bits per heavy atom. The lowest BCUT2D eigenvalue weighted by Crippen LogP contribution is -2.31. The fraction of sp³-hybridized carbons (Fsp3) is 0.875. The molecule has 0 aromatic carbocycles. The Morgan fingerprint density at radius 2 is 2.20 bits per heavy atom. The Kier molecular flexibility index (Phi) is 1.97. The van der Waals surface area contributed by atoms with E-state index in [1.165, 1.54) is 0 Å². The molecule has 0 saturated carbocycles. The number of carbonyl (C=O) groups is 1. The molecule has 1 amide bonds. The van der Waals surface area contributed by atoms with Crippen LogP contribution in [-0.2, 0) is 4.79 Å². The van der Waals surface area contributed by atoms with Crippen LogP contribution < -0.4 is 0 Å². The predicted molar refractivity (Wildman–Crippen MR) is 40.6 cm³/mol. The molecule has 1 aliphatic heterocycles. The largest absolute Gasteiger partial charge is 0.340 e. The Labute approximate surface area is 62.2 Å². The van der Waals surface area contributed by atoms with Crippen LogP contribution in [0.5, 0.6) is 0 Å². The normalized spacial score (nSPS) is 33.5. The van der Waals surface area contributed by atoms with E-state index in [2.05, 4.69) is 13.8 Å². The second-order valence-electron chi connectivity index (χ2n) is 3.10. The monoisotopic (exact) mass is 141 g/mol. The van der Waals surface area contributed by atoms with E-state index in [1.54, 1.807) is 0 Å². The zero-order valence-corrected chi connectivity index (χ0v) is 6.92. The van der Waals surface area contributed by atoms with Crippen LogP contribution in [0, 0.1) is 5.92 Å². The van der Waals surface area contributed by atoms with E-state index in [0.717, 1.165) is 13.0 Å². The minimum absolute atomic E-state index is 0.322. The van der Waals surface area contributed by atoms with Gasteiger partial charge >= 0.3 is 0 Å². The van der Waals surface area contributed by atoms with Gasteiger partial charge in [0.25, 0.3) is 0 Å². The lowest BCUT2D eigenvalue weighted by Gasteiger charge is -2.20. The van der Waals surface area contributed by atoms with Crippen LogP contribution in [0.25, 0.3) is 0 Å². The first kappa shape index (κ1) is 7.58. The van der Waals surface area contributed by atoms with Gasteiger partial charge in [-0.2, -0.15) is 0 Å². The van der Waals surface area contributed by atoms with Gasteiger partial charge in [0.05, 0.1) is 0 Å². The second kappa shape index (κ2) is 2.60. The highest BCUT2D eigenvalue weighted by atomic mass is 16.2. The van der Waals surface area contributed by atoms with Crippen LogP contribution in [0.15, 0.2) is 0 Å². The molecule has 2 heteroatoms. The van der Waals surface area contributed by atoms with Crippen molar-refractivity contribution in [1.29, 1.82) is 0 Å². The highest BCUT2D eigenvalue weighted by Gasteiger charge is 2.32. The predicted octanol–water partition coefficient (Wildman–Crippen LogP) is 1.26. The molecule has 0 aromatic rings. The van der Waals surface area contributed by atoms with Crippen LogP contribution in [0.4, 0.5) is 0 Å². The first-order valence-electron chi connectivity index (χ1n) is 3.96. The maximum absolute atomic E-state index is 11.2. The summed E-state index contributed by atoms with van der Waals surface area (Å²) in [6.07, 6.45) is 0.745. The van der Waals surface area contributed by atoms with Gasteiger partial charge in [-0.05, 0) is 19.8 Å². The molecule has 1 aliphatic rings. The molecule has 0 spiro atoms. The molecule has 10 heavy (non-hydrogen) atoms. The van der Waals surface area contributed by atoms with Crippen LogP contribution in [0.1, 0.15) is 27.2 Å². The third-order valence-corrected chi connectivity index (χ3v) is 2.47. The van der Waals surface area contributed by atoms with Crippen molar-refractivity contribution in [2.24, 2.45) is 5.92 Å². The van der Waals surface area contributed by atoms with E-state index in [-0.39, 0.29) is 0 Å². The van der Waals surface area contributed by atoms with E-state index in [4.69, 9.17) is 0 Å². The first-order chi connectivity index (χ1) is 4.66. The molecule has 0 N–H and O–H groups in total. The quantitative estimate of drug-likeness (QED) is 0.538. The van der Waals surface area contributed by atoms with Crippen molar-refractivity contribution < 1.29 is 4.79 Å². The molecule has 1 heterocycles. The van der Waals surface area contributed by atoms with Crippen molar-refractivity contribution in [1.82, 2.24) is 4.90 Å². The first-order valence-corrected chi connectivity index (χ1v) is 3.96. The average Bonchev–Trinajstić information content (AvgIpc) is 2.09. The number of hydrogen-bond acceptors (Lipinski definition) is 1. The highest BCUT2D eigenvalue weighted by Crippen LogP contribution is 2.23. The van der Waals surface area contributed by atoms with Crippen LogP contribution in [-0.4, -0.2) is 23.4 Å². The van der Waals surface area contributed by atoms with E-state index < -0.39 is 0 Å². The van der Waals surface area contributed by atoms with Crippen molar-refractivity contribution in [2.75, 3.05) is 6.54 Å². The van der Waals surface area contributed by atoms with Crippen molar-refractivity contribution in [3.63, 3.8) is 0 Å². The lowest BCUT2D eigenvalue weighted by molar-refractivity contribution is -0.128. The number of amides is 1. The minimum atomic E-state index is 0.322. The molecular formula is C8H15NO. The van der Waals surface area contributed by atoms with Crippen molar-refractivity contribution in [2.45, 2.75) is 33.2 Å². The summed E-state index contributed by atoms with van der Waals surface area (Å²) in [4.78, 5) is 13.1. The van der Waals surface area contributed by atoms with Gasteiger partial charge < -0.3 is 4.90 Å². The van der Waals surface area contributed by atoms with Gasteiger partial charge in [0.2, 0.25) is 5.91 Å². The van der Waals surface area contributed by atoms with Gasteiger partial charge in [-0.3, -0.25) is 4.79 Å². The molecule has 0 aromatic heterocycles. The lowest BCUT2D eigenvalue weighted by atomic mass is 10.1. The summed E-state index contributed by atoms with van der Waals surface area (Å²) < 4.78 is 0. The van der Waals surface area contributed by atoms with Crippen LogP contribution in [0.3, 0.4) is 0 Å². The van der Waals surface area contributed by atoms with Crippen molar-refractivity contribution in [3.8, 4) is 0 Å². The summed E-state index contributed by atoms with van der Waals surface area (Å²) in [6, 6.07) is 0.456. The maximum Gasteiger partial charge on any atom is 0.223 e. The van der Waals surface area contributed by atoms with Crippen molar-refractivity contribution >= 4 is 5.91 Å². The third-order valence-electron chi connectivity index (χ3n) is 2.47. The number of rotatable bonds is 1. The van der Waals surface area contributed by atoms with Crippen molar-refractivity contribution in [3.05, 3.63) is 0 Å². The van der Waals surface area contributed by atoms with E-state index >= 15 is 0 Å². The summed E-state index contributed by atoms with van der Waals surface area (Å²) in [5, 5.41) is 0. The maximum atomic E-state index is 11.2. The van der Waals surface area contributed by atoms with Crippen LogP contribution >= 0.6 is 0 Å². The third kappa shape index (κ3) is 1.02. The molecule has 58 valence electrons. The SMILES string of the molecule is CCN1C(=O)CC(C)C1C. The van der Waals surface area contributed by atoms with E-state index in [0.29, 0.717) is 17.9 Å². The molecule has 1 rings (SSSR count). The molecular weight excluding hydrogens is 126 g/mol.